The third-order valence-corrected chi connectivity index (χ3v) is 6.35. The number of nitrogens with zero attached hydrogens (tertiary/aromatic N) is 3. The molecule has 2 N–H and O–H groups in total. The number of hydrogen-bond donors (Lipinski definition) is 2. The van der Waals surface area contributed by atoms with Gasteiger partial charge < -0.3 is 24.6 Å². The molecular formula is C23H29FN4O5. The number of amides is 2. The fourth-order valence-electron chi connectivity index (χ4n) is 4.50. The van der Waals surface area contributed by atoms with Crippen LogP contribution in [0.1, 0.15) is 42.4 Å². The summed E-state index contributed by atoms with van der Waals surface area (Å²) in [7, 11) is 0. The molecule has 3 atom stereocenters. The van der Waals surface area contributed by atoms with Gasteiger partial charge in [-0.25, -0.2) is 4.39 Å². The summed E-state index contributed by atoms with van der Waals surface area (Å²) < 4.78 is 23.7. The van der Waals surface area contributed by atoms with Crippen molar-refractivity contribution in [3.8, 4) is 5.75 Å². The van der Waals surface area contributed by atoms with Crippen LogP contribution in [0.3, 0.4) is 0 Å². The molecule has 2 fully saturated rings. The third kappa shape index (κ3) is 5.69. The second-order valence-corrected chi connectivity index (χ2v) is 8.53. The summed E-state index contributed by atoms with van der Waals surface area (Å²) in [4.78, 5) is 28.3. The van der Waals surface area contributed by atoms with Crippen LogP contribution in [0.25, 0.3) is 0 Å². The maximum absolute atomic E-state index is 13.0. The molecule has 0 radical (unpaired) electrons. The summed E-state index contributed by atoms with van der Waals surface area (Å²) in [5.41, 5.74) is 0.108. The van der Waals surface area contributed by atoms with E-state index in [1.165, 1.54) is 30.3 Å². The fraction of sp³-hybridized carbons (Fsp3) is 0.522. The molecule has 1 saturated carbocycles. The topological polar surface area (TPSA) is 108 Å². The van der Waals surface area contributed by atoms with Gasteiger partial charge in [0, 0.05) is 45.2 Å². The van der Waals surface area contributed by atoms with Gasteiger partial charge in [0.15, 0.2) is 11.5 Å². The van der Waals surface area contributed by atoms with Crippen LogP contribution in [0, 0.1) is 5.82 Å². The van der Waals surface area contributed by atoms with Crippen molar-refractivity contribution in [1.29, 1.82) is 0 Å². The Morgan fingerprint density at radius 1 is 1.21 bits per heavy atom. The van der Waals surface area contributed by atoms with Crippen LogP contribution in [0.15, 0.2) is 34.9 Å². The molecule has 2 aliphatic rings. The molecule has 1 saturated heterocycles. The smallest absolute Gasteiger partial charge is 0.273 e. The van der Waals surface area contributed by atoms with E-state index in [1.807, 2.05) is 4.90 Å². The number of nitrogens with one attached hydrogen (secondary N) is 1. The van der Waals surface area contributed by atoms with Crippen LogP contribution in [0.2, 0.25) is 0 Å². The van der Waals surface area contributed by atoms with Gasteiger partial charge in [0.25, 0.3) is 5.91 Å². The van der Waals surface area contributed by atoms with Gasteiger partial charge in [-0.1, -0.05) is 5.16 Å². The highest BCUT2D eigenvalue weighted by atomic mass is 19.1. The van der Waals surface area contributed by atoms with E-state index >= 15 is 0 Å². The molecule has 1 aromatic carbocycles. The zero-order valence-electron chi connectivity index (χ0n) is 18.6. The number of halogens is 1. The summed E-state index contributed by atoms with van der Waals surface area (Å²) in [6.45, 7) is 4.34. The first-order valence-corrected chi connectivity index (χ1v) is 11.2. The van der Waals surface area contributed by atoms with E-state index in [1.54, 1.807) is 6.92 Å². The number of aliphatic hydroxyl groups excluding tert-OH is 1. The van der Waals surface area contributed by atoms with Gasteiger partial charge in [0.05, 0.1) is 12.1 Å². The fourth-order valence-corrected chi connectivity index (χ4v) is 4.50. The molecule has 0 spiro atoms. The van der Waals surface area contributed by atoms with Gasteiger partial charge in [0.2, 0.25) is 5.91 Å². The van der Waals surface area contributed by atoms with Gasteiger partial charge in [0.1, 0.15) is 18.2 Å². The molecule has 1 aliphatic heterocycles. The number of benzene rings is 1. The molecular weight excluding hydrogens is 431 g/mol. The second kappa shape index (κ2) is 10.3. The number of aliphatic hydroxyl groups is 1. The molecule has 4 rings (SSSR count). The summed E-state index contributed by atoms with van der Waals surface area (Å²) >= 11 is 0. The minimum absolute atomic E-state index is 0.0479. The third-order valence-electron chi connectivity index (χ3n) is 6.35. The number of carbonyl (C=O) groups is 2. The minimum Gasteiger partial charge on any atom is -0.486 e. The summed E-state index contributed by atoms with van der Waals surface area (Å²) in [6.07, 6.45) is 1.70. The first kappa shape index (κ1) is 23.2. The number of ether oxygens (including phenoxy) is 1. The van der Waals surface area contributed by atoms with Crippen LogP contribution < -0.4 is 10.1 Å². The lowest BCUT2D eigenvalue weighted by molar-refractivity contribution is -0.131. The standard InChI is InChI=1S/C23H29FN4O5/c1-15(29)27-9-11-28(12-10-27)21-4-2-3-19(22(21)30)25-23(31)20-13-18(33-26-20)14-32-17-7-5-16(24)6-8-17/h5-8,13,19,21-22,30H,2-4,9-12,14H2,1H3,(H,25,31)/t19-,21-,22-/m1/s1. The van der Waals surface area contributed by atoms with E-state index in [9.17, 15) is 19.1 Å². The van der Waals surface area contributed by atoms with Crippen molar-refractivity contribution in [2.45, 2.75) is 51.0 Å². The van der Waals surface area contributed by atoms with Crippen molar-refractivity contribution in [3.63, 3.8) is 0 Å². The maximum atomic E-state index is 13.0. The lowest BCUT2D eigenvalue weighted by Crippen LogP contribution is -2.60. The van der Waals surface area contributed by atoms with Gasteiger partial charge in [-0.15, -0.1) is 0 Å². The Labute approximate surface area is 191 Å². The normalized spacial score (nSPS) is 23.8. The van der Waals surface area contributed by atoms with E-state index in [-0.39, 0.29) is 30.1 Å². The van der Waals surface area contributed by atoms with Gasteiger partial charge in [-0.05, 0) is 43.5 Å². The summed E-state index contributed by atoms with van der Waals surface area (Å²) in [5, 5.41) is 17.7. The molecule has 1 aliphatic carbocycles. The lowest BCUT2D eigenvalue weighted by Gasteiger charge is -2.44. The molecule has 178 valence electrons. The minimum atomic E-state index is -0.709. The number of carbonyl (C=O) groups excluding carboxylic acids is 2. The highest BCUT2D eigenvalue weighted by molar-refractivity contribution is 5.92. The SMILES string of the molecule is CC(=O)N1CCN([C@@H]2CCC[C@@H](NC(=O)c3cc(COc4ccc(F)cc4)on3)[C@H]2O)CC1. The average Bonchev–Trinajstić information content (AvgIpc) is 3.29. The monoisotopic (exact) mass is 460 g/mol. The Morgan fingerprint density at radius 2 is 1.94 bits per heavy atom. The Bertz CT molecular complexity index is 958. The molecule has 33 heavy (non-hydrogen) atoms. The average molecular weight is 461 g/mol. The lowest BCUT2D eigenvalue weighted by atomic mass is 9.86. The van der Waals surface area contributed by atoms with Gasteiger partial charge >= 0.3 is 0 Å². The molecule has 10 heteroatoms. The number of aromatic nitrogens is 1. The zero-order chi connectivity index (χ0) is 23.4. The Kier molecular flexibility index (Phi) is 7.24. The molecule has 2 aromatic rings. The van der Waals surface area contributed by atoms with Crippen molar-refractivity contribution in [1.82, 2.24) is 20.3 Å². The van der Waals surface area contributed by atoms with Crippen LogP contribution in [-0.2, 0) is 11.4 Å². The Hall–Kier alpha value is -2.98. The van der Waals surface area contributed by atoms with E-state index in [0.717, 1.165) is 12.8 Å². The van der Waals surface area contributed by atoms with Gasteiger partial charge in [-0.3, -0.25) is 14.5 Å². The van der Waals surface area contributed by atoms with E-state index in [2.05, 4.69) is 15.4 Å². The van der Waals surface area contributed by atoms with E-state index in [4.69, 9.17) is 9.26 Å². The number of piperazine rings is 1. The predicted molar refractivity (Wildman–Crippen MR) is 116 cm³/mol. The first-order chi connectivity index (χ1) is 15.9. The molecule has 0 unspecified atom stereocenters. The number of hydrogen-bond acceptors (Lipinski definition) is 7. The van der Waals surface area contributed by atoms with Crippen molar-refractivity contribution < 1.29 is 28.3 Å². The van der Waals surface area contributed by atoms with E-state index in [0.29, 0.717) is 44.1 Å². The molecule has 2 heterocycles. The highest BCUT2D eigenvalue weighted by Gasteiger charge is 2.37. The van der Waals surface area contributed by atoms with Crippen LogP contribution in [0.4, 0.5) is 4.39 Å². The van der Waals surface area contributed by atoms with E-state index < -0.39 is 18.1 Å². The predicted octanol–water partition coefficient (Wildman–Crippen LogP) is 1.57. The zero-order valence-corrected chi connectivity index (χ0v) is 18.6. The molecule has 0 bridgehead atoms. The highest BCUT2D eigenvalue weighted by Crippen LogP contribution is 2.25. The van der Waals surface area contributed by atoms with Crippen LogP contribution >= 0.6 is 0 Å². The second-order valence-electron chi connectivity index (χ2n) is 8.53. The van der Waals surface area contributed by atoms with Crippen LogP contribution in [-0.4, -0.2) is 76.2 Å². The largest absolute Gasteiger partial charge is 0.486 e. The molecule has 1 aromatic heterocycles. The van der Waals surface area contributed by atoms with Crippen molar-refractivity contribution in [2.24, 2.45) is 0 Å². The maximum Gasteiger partial charge on any atom is 0.273 e. The van der Waals surface area contributed by atoms with Crippen LogP contribution in [0.5, 0.6) is 5.75 Å². The summed E-state index contributed by atoms with van der Waals surface area (Å²) in [5.74, 6) is 0.123. The van der Waals surface area contributed by atoms with Crippen molar-refractivity contribution >= 4 is 11.8 Å². The quantitative estimate of drug-likeness (QED) is 0.674. The first-order valence-electron chi connectivity index (χ1n) is 11.2. The number of rotatable bonds is 6. The Balaban J connectivity index is 1.30. The summed E-state index contributed by atoms with van der Waals surface area (Å²) in [6, 6.07) is 6.63. The molecule has 2 amide bonds. The van der Waals surface area contributed by atoms with Crippen molar-refractivity contribution in [3.05, 3.63) is 47.6 Å². The Morgan fingerprint density at radius 3 is 2.64 bits per heavy atom. The van der Waals surface area contributed by atoms with Gasteiger partial charge in [-0.2, -0.15) is 0 Å². The van der Waals surface area contributed by atoms with Crippen molar-refractivity contribution in [2.75, 3.05) is 26.2 Å². The molecule has 9 nitrogen and oxygen atoms in total.